The Morgan fingerprint density at radius 3 is 2.71 bits per heavy atom. The first-order valence-corrected chi connectivity index (χ1v) is 9.41. The Balaban J connectivity index is 2.24. The molecule has 0 radical (unpaired) electrons. The maximum absolute atomic E-state index is 9.90. The number of unbranched alkanes of at least 4 members (excludes halogenated alkanes) is 1. The summed E-state index contributed by atoms with van der Waals surface area (Å²) in [5, 5.41) is 9.90. The number of methoxy groups -OCH3 is 1. The van der Waals surface area contributed by atoms with Crippen molar-refractivity contribution in [1.29, 1.82) is 0 Å². The van der Waals surface area contributed by atoms with E-state index in [1.807, 2.05) is 6.07 Å². The fourth-order valence-electron chi connectivity index (χ4n) is 4.07. The maximum atomic E-state index is 9.90. The molecule has 1 aliphatic rings. The summed E-state index contributed by atoms with van der Waals surface area (Å²) in [4.78, 5) is 0. The zero-order valence-corrected chi connectivity index (χ0v) is 16.0. The number of phenolic OH excluding ortho intramolecular Hbond substituents is 1. The zero-order chi connectivity index (χ0) is 17.7. The van der Waals surface area contributed by atoms with Crippen LogP contribution in [0.1, 0.15) is 71.3 Å². The Kier molecular flexibility index (Phi) is 6.56. The van der Waals surface area contributed by atoms with Gasteiger partial charge in [-0.2, -0.15) is 0 Å². The molecule has 0 heterocycles. The molecule has 1 aliphatic carbocycles. The average Bonchev–Trinajstić information content (AvgIpc) is 2.55. The molecule has 3 unspecified atom stereocenters. The van der Waals surface area contributed by atoms with Gasteiger partial charge in [-0.15, -0.1) is 0 Å². The molecule has 0 aromatic heterocycles. The second kappa shape index (κ2) is 8.24. The summed E-state index contributed by atoms with van der Waals surface area (Å²) in [6.45, 7) is 9.95. The molecule has 1 aromatic rings. The van der Waals surface area contributed by atoms with Crippen LogP contribution in [0, 0.1) is 11.8 Å². The van der Waals surface area contributed by atoms with Gasteiger partial charge < -0.3 is 14.6 Å². The van der Waals surface area contributed by atoms with Crippen molar-refractivity contribution in [2.45, 2.75) is 71.3 Å². The second-order valence-electron chi connectivity index (χ2n) is 7.84. The quantitative estimate of drug-likeness (QED) is 0.668. The van der Waals surface area contributed by atoms with Gasteiger partial charge in [-0.25, -0.2) is 0 Å². The number of aromatic hydroxyl groups is 1. The third-order valence-corrected chi connectivity index (χ3v) is 5.61. The number of benzene rings is 1. The van der Waals surface area contributed by atoms with E-state index >= 15 is 0 Å². The summed E-state index contributed by atoms with van der Waals surface area (Å²) in [6.07, 6.45) is 5.65. The van der Waals surface area contributed by atoms with E-state index in [1.54, 1.807) is 13.2 Å². The molecule has 0 saturated heterocycles. The Morgan fingerprint density at radius 1 is 1.33 bits per heavy atom. The van der Waals surface area contributed by atoms with E-state index in [0.29, 0.717) is 23.5 Å². The summed E-state index contributed by atoms with van der Waals surface area (Å²) in [5.41, 5.74) is 1.21. The minimum atomic E-state index is -0.0453. The van der Waals surface area contributed by atoms with Crippen molar-refractivity contribution in [3.8, 4) is 11.5 Å². The lowest BCUT2D eigenvalue weighted by Crippen LogP contribution is -2.40. The average molecular weight is 335 g/mol. The fourth-order valence-corrected chi connectivity index (χ4v) is 4.07. The standard InChI is InChI=1S/C21H34O3/c1-6-7-12-24-21(4)11-10-17(15(2)3)18(14-21)16-8-9-19(22)20(13-16)23-5/h8-9,13,15,17-18,22H,6-7,10-12,14H2,1-5H3. The third kappa shape index (κ3) is 4.44. The van der Waals surface area contributed by atoms with Crippen LogP contribution in [0.3, 0.4) is 0 Å². The first-order chi connectivity index (χ1) is 11.4. The summed E-state index contributed by atoms with van der Waals surface area (Å²) >= 11 is 0. The van der Waals surface area contributed by atoms with Crippen LogP contribution >= 0.6 is 0 Å². The van der Waals surface area contributed by atoms with Gasteiger partial charge in [-0.3, -0.25) is 0 Å². The number of ether oxygens (including phenoxy) is 2. The predicted molar refractivity (Wildman–Crippen MR) is 98.8 cm³/mol. The molecule has 0 amide bonds. The van der Waals surface area contributed by atoms with Crippen LogP contribution in [0.2, 0.25) is 0 Å². The molecule has 3 heteroatoms. The molecule has 2 rings (SSSR count). The monoisotopic (exact) mass is 334 g/mol. The molecule has 0 bridgehead atoms. The largest absolute Gasteiger partial charge is 0.504 e. The molecule has 1 saturated carbocycles. The lowest BCUT2D eigenvalue weighted by Gasteiger charge is -2.44. The molecule has 3 nitrogen and oxygen atoms in total. The van der Waals surface area contributed by atoms with Gasteiger partial charge >= 0.3 is 0 Å². The zero-order valence-electron chi connectivity index (χ0n) is 16.0. The Hall–Kier alpha value is -1.22. The van der Waals surface area contributed by atoms with E-state index in [9.17, 15) is 5.11 Å². The molecule has 24 heavy (non-hydrogen) atoms. The van der Waals surface area contributed by atoms with Crippen LogP contribution in [0.15, 0.2) is 18.2 Å². The van der Waals surface area contributed by atoms with E-state index in [2.05, 4.69) is 33.8 Å². The van der Waals surface area contributed by atoms with Crippen molar-refractivity contribution in [3.63, 3.8) is 0 Å². The van der Waals surface area contributed by atoms with Crippen molar-refractivity contribution >= 4 is 0 Å². The van der Waals surface area contributed by atoms with Crippen LogP contribution in [-0.2, 0) is 4.74 Å². The first-order valence-electron chi connectivity index (χ1n) is 9.41. The van der Waals surface area contributed by atoms with Gasteiger partial charge in [-0.1, -0.05) is 33.3 Å². The normalized spacial score (nSPS) is 27.4. The number of phenols is 1. The van der Waals surface area contributed by atoms with Crippen LogP contribution in [0.5, 0.6) is 11.5 Å². The SMILES string of the molecule is CCCCOC1(C)CCC(C(C)C)C(c2ccc(O)c(OC)c2)C1. The summed E-state index contributed by atoms with van der Waals surface area (Å²) < 4.78 is 11.6. The van der Waals surface area contributed by atoms with Crippen LogP contribution in [0.4, 0.5) is 0 Å². The minimum absolute atomic E-state index is 0.0453. The van der Waals surface area contributed by atoms with Crippen LogP contribution < -0.4 is 4.74 Å². The molecular formula is C21H34O3. The van der Waals surface area contributed by atoms with Crippen molar-refractivity contribution < 1.29 is 14.6 Å². The fraction of sp³-hybridized carbons (Fsp3) is 0.714. The van der Waals surface area contributed by atoms with Gasteiger partial charge in [0.15, 0.2) is 11.5 Å². The molecule has 136 valence electrons. The van der Waals surface area contributed by atoms with Gasteiger partial charge in [0, 0.05) is 6.61 Å². The number of hydrogen-bond donors (Lipinski definition) is 1. The van der Waals surface area contributed by atoms with Gasteiger partial charge in [0.1, 0.15) is 0 Å². The third-order valence-electron chi connectivity index (χ3n) is 5.61. The van der Waals surface area contributed by atoms with Crippen LogP contribution in [0.25, 0.3) is 0 Å². The smallest absolute Gasteiger partial charge is 0.160 e. The molecule has 3 atom stereocenters. The van der Waals surface area contributed by atoms with E-state index in [4.69, 9.17) is 9.47 Å². The highest BCUT2D eigenvalue weighted by Crippen LogP contribution is 2.48. The summed E-state index contributed by atoms with van der Waals surface area (Å²) in [7, 11) is 1.61. The van der Waals surface area contributed by atoms with Crippen molar-refractivity contribution in [1.82, 2.24) is 0 Å². The van der Waals surface area contributed by atoms with Gasteiger partial charge in [0.2, 0.25) is 0 Å². The van der Waals surface area contributed by atoms with E-state index < -0.39 is 0 Å². The van der Waals surface area contributed by atoms with E-state index in [1.165, 1.54) is 18.4 Å². The highest BCUT2D eigenvalue weighted by atomic mass is 16.5. The highest BCUT2D eigenvalue weighted by Gasteiger charge is 2.40. The molecular weight excluding hydrogens is 300 g/mol. The summed E-state index contributed by atoms with van der Waals surface area (Å²) in [5.74, 6) is 2.49. The molecule has 1 fully saturated rings. The minimum Gasteiger partial charge on any atom is -0.504 e. The maximum Gasteiger partial charge on any atom is 0.160 e. The lowest BCUT2D eigenvalue weighted by molar-refractivity contribution is -0.0758. The Labute approximate surface area is 147 Å². The molecule has 0 aliphatic heterocycles. The topological polar surface area (TPSA) is 38.7 Å². The Morgan fingerprint density at radius 2 is 2.08 bits per heavy atom. The number of rotatable bonds is 7. The lowest BCUT2D eigenvalue weighted by atomic mass is 9.66. The van der Waals surface area contributed by atoms with Crippen molar-refractivity contribution in [3.05, 3.63) is 23.8 Å². The van der Waals surface area contributed by atoms with Crippen LogP contribution in [-0.4, -0.2) is 24.4 Å². The Bertz CT molecular complexity index is 526. The van der Waals surface area contributed by atoms with E-state index in [0.717, 1.165) is 25.9 Å². The van der Waals surface area contributed by atoms with Gasteiger partial charge in [-0.05, 0) is 68.1 Å². The van der Waals surface area contributed by atoms with Gasteiger partial charge in [0.25, 0.3) is 0 Å². The van der Waals surface area contributed by atoms with Crippen molar-refractivity contribution in [2.75, 3.05) is 13.7 Å². The molecule has 0 spiro atoms. The van der Waals surface area contributed by atoms with Crippen molar-refractivity contribution in [2.24, 2.45) is 11.8 Å². The summed E-state index contributed by atoms with van der Waals surface area (Å²) in [6, 6.07) is 5.82. The molecule has 1 N–H and O–H groups in total. The number of hydrogen-bond acceptors (Lipinski definition) is 3. The van der Waals surface area contributed by atoms with E-state index in [-0.39, 0.29) is 11.4 Å². The second-order valence-corrected chi connectivity index (χ2v) is 7.84. The molecule has 1 aromatic carbocycles. The first kappa shape index (κ1) is 19.1. The van der Waals surface area contributed by atoms with Gasteiger partial charge in [0.05, 0.1) is 12.7 Å². The highest BCUT2D eigenvalue weighted by molar-refractivity contribution is 5.43. The predicted octanol–water partition coefficient (Wildman–Crippen LogP) is 5.52.